The van der Waals surface area contributed by atoms with Crippen LogP contribution in [0.4, 0.5) is 0 Å². The fraction of sp³-hybridized carbons (Fsp3) is 0.636. The van der Waals surface area contributed by atoms with Crippen molar-refractivity contribution in [1.82, 2.24) is 4.90 Å². The highest BCUT2D eigenvalue weighted by Gasteiger charge is 2.43. The van der Waals surface area contributed by atoms with Gasteiger partial charge in [-0.2, -0.15) is 0 Å². The smallest absolute Gasteiger partial charge is 0.320 e. The van der Waals surface area contributed by atoms with Crippen LogP contribution in [-0.4, -0.2) is 50.3 Å². The maximum atomic E-state index is 11.7. The quantitative estimate of drug-likeness (QED) is 0.527. The average Bonchev–Trinajstić information content (AvgIpc) is 3.22. The Labute approximate surface area is 167 Å². The van der Waals surface area contributed by atoms with Gasteiger partial charge in [0.1, 0.15) is 0 Å². The summed E-state index contributed by atoms with van der Waals surface area (Å²) in [6.07, 6.45) is 6.16. The molecule has 0 unspecified atom stereocenters. The molecule has 0 amide bonds. The minimum Gasteiger partial charge on any atom is -0.493 e. The van der Waals surface area contributed by atoms with Crippen LogP contribution in [0.3, 0.4) is 0 Å². The molecule has 28 heavy (non-hydrogen) atoms. The normalized spacial score (nSPS) is 19.8. The number of hydrogen-bond donors (Lipinski definition) is 0. The minimum absolute atomic E-state index is 0.200. The molecule has 1 saturated heterocycles. The van der Waals surface area contributed by atoms with E-state index in [4.69, 9.17) is 20.8 Å². The average molecular weight is 386 g/mol. The van der Waals surface area contributed by atoms with Gasteiger partial charge in [-0.3, -0.25) is 9.69 Å². The number of hydrogen-bond acceptors (Lipinski definition) is 5. The summed E-state index contributed by atoms with van der Waals surface area (Å²) in [4.78, 5) is 17.8. The third-order valence-corrected chi connectivity index (χ3v) is 5.85. The van der Waals surface area contributed by atoms with E-state index in [0.29, 0.717) is 39.1 Å². The van der Waals surface area contributed by atoms with Crippen molar-refractivity contribution in [2.45, 2.75) is 57.1 Å². The molecule has 1 saturated carbocycles. The monoisotopic (exact) mass is 386 g/mol. The Morgan fingerprint density at radius 3 is 2.57 bits per heavy atom. The van der Waals surface area contributed by atoms with Crippen LogP contribution >= 0.6 is 0 Å². The summed E-state index contributed by atoms with van der Waals surface area (Å²) in [5.74, 6) is 1.26. The van der Waals surface area contributed by atoms with E-state index in [0.717, 1.165) is 29.9 Å². The molecule has 1 aliphatic carbocycles. The molecule has 0 N–H and O–H groups in total. The van der Waals surface area contributed by atoms with E-state index in [1.165, 1.54) is 12.8 Å². The van der Waals surface area contributed by atoms with Crippen LogP contribution in [0.25, 0.3) is 4.85 Å². The Morgan fingerprint density at radius 1 is 1.25 bits per heavy atom. The van der Waals surface area contributed by atoms with E-state index in [-0.39, 0.29) is 12.1 Å². The lowest BCUT2D eigenvalue weighted by Gasteiger charge is -2.33. The van der Waals surface area contributed by atoms with Gasteiger partial charge in [-0.05, 0) is 50.8 Å². The number of piperidine rings is 1. The highest BCUT2D eigenvalue weighted by atomic mass is 16.5. The lowest BCUT2D eigenvalue weighted by molar-refractivity contribution is -0.144. The largest absolute Gasteiger partial charge is 0.493 e. The number of nitrogens with zero attached hydrogens (tertiary/aromatic N) is 2. The van der Waals surface area contributed by atoms with E-state index < -0.39 is 5.54 Å². The molecule has 0 bridgehead atoms. The van der Waals surface area contributed by atoms with Crippen LogP contribution in [0.5, 0.6) is 11.5 Å². The molecule has 0 spiro atoms. The van der Waals surface area contributed by atoms with Gasteiger partial charge < -0.3 is 19.1 Å². The van der Waals surface area contributed by atoms with Crippen LogP contribution in [0.1, 0.15) is 51.0 Å². The number of carbonyl (C=O) groups excluding carboxylic acids is 1. The Bertz CT molecular complexity index is 714. The molecule has 1 heterocycles. The SMILES string of the molecule is [C-]#[N+]C1(c2ccc(OC)c(OC3CCCC3)c2)CCN(CC(=O)OCC)CC1. The second kappa shape index (κ2) is 9.29. The van der Waals surface area contributed by atoms with Crippen molar-refractivity contribution in [2.75, 3.05) is 33.4 Å². The molecule has 1 aromatic rings. The molecule has 2 aliphatic rings. The summed E-state index contributed by atoms with van der Waals surface area (Å²) < 4.78 is 16.7. The predicted molar refractivity (Wildman–Crippen MR) is 106 cm³/mol. The van der Waals surface area contributed by atoms with Gasteiger partial charge in [-0.15, -0.1) is 0 Å². The molecule has 0 aromatic heterocycles. The summed E-state index contributed by atoms with van der Waals surface area (Å²) in [5, 5.41) is 0. The minimum atomic E-state index is -0.578. The number of esters is 1. The predicted octanol–water partition coefficient (Wildman–Crippen LogP) is 3.79. The van der Waals surface area contributed by atoms with Gasteiger partial charge in [0.15, 0.2) is 11.5 Å². The number of rotatable bonds is 7. The number of carbonyl (C=O) groups is 1. The van der Waals surface area contributed by atoms with Gasteiger partial charge in [0.25, 0.3) is 5.54 Å². The Kier molecular flexibility index (Phi) is 6.79. The maximum absolute atomic E-state index is 11.7. The number of methoxy groups -OCH3 is 1. The third kappa shape index (κ3) is 4.59. The Hall–Kier alpha value is -2.26. The zero-order valence-electron chi connectivity index (χ0n) is 16.9. The van der Waals surface area contributed by atoms with Crippen molar-refractivity contribution in [3.63, 3.8) is 0 Å². The molecule has 0 atom stereocenters. The second-order valence-electron chi connectivity index (χ2n) is 7.61. The fourth-order valence-electron chi connectivity index (χ4n) is 4.18. The molecule has 0 radical (unpaired) electrons. The van der Waals surface area contributed by atoms with Gasteiger partial charge in [0, 0.05) is 31.5 Å². The van der Waals surface area contributed by atoms with Gasteiger partial charge in [0.05, 0.1) is 26.4 Å². The van der Waals surface area contributed by atoms with E-state index in [1.807, 2.05) is 25.1 Å². The lowest BCUT2D eigenvalue weighted by atomic mass is 9.81. The summed E-state index contributed by atoms with van der Waals surface area (Å²) in [5.41, 5.74) is 0.401. The first-order valence-electron chi connectivity index (χ1n) is 10.2. The van der Waals surface area contributed by atoms with Crippen molar-refractivity contribution in [1.29, 1.82) is 0 Å². The molecule has 152 valence electrons. The van der Waals surface area contributed by atoms with E-state index >= 15 is 0 Å². The molecular weight excluding hydrogens is 356 g/mol. The second-order valence-corrected chi connectivity index (χ2v) is 7.61. The van der Waals surface area contributed by atoms with Crippen LogP contribution in [-0.2, 0) is 15.1 Å². The van der Waals surface area contributed by atoms with E-state index in [2.05, 4.69) is 9.74 Å². The van der Waals surface area contributed by atoms with Crippen LogP contribution in [0, 0.1) is 6.57 Å². The van der Waals surface area contributed by atoms with Crippen molar-refractivity contribution in [3.05, 3.63) is 35.2 Å². The van der Waals surface area contributed by atoms with Crippen molar-refractivity contribution < 1.29 is 19.0 Å². The highest BCUT2D eigenvalue weighted by Crippen LogP contribution is 2.41. The summed E-state index contributed by atoms with van der Waals surface area (Å²) >= 11 is 0. The highest BCUT2D eigenvalue weighted by molar-refractivity contribution is 5.71. The fourth-order valence-corrected chi connectivity index (χ4v) is 4.18. The molecule has 1 aromatic carbocycles. The first-order chi connectivity index (χ1) is 13.6. The molecule has 6 heteroatoms. The van der Waals surface area contributed by atoms with Crippen LogP contribution in [0.2, 0.25) is 0 Å². The molecule has 3 rings (SSSR count). The third-order valence-electron chi connectivity index (χ3n) is 5.85. The molecular formula is C22H30N2O4. The van der Waals surface area contributed by atoms with Gasteiger partial charge in [-0.1, -0.05) is 0 Å². The summed E-state index contributed by atoms with van der Waals surface area (Å²) in [6.45, 7) is 11.8. The first-order valence-corrected chi connectivity index (χ1v) is 10.2. The first kappa shape index (κ1) is 20.5. The van der Waals surface area contributed by atoms with Gasteiger partial charge >= 0.3 is 5.97 Å². The maximum Gasteiger partial charge on any atom is 0.320 e. The summed E-state index contributed by atoms with van der Waals surface area (Å²) in [6, 6.07) is 5.90. The van der Waals surface area contributed by atoms with Gasteiger partial charge in [0.2, 0.25) is 0 Å². The standard InChI is InChI=1S/C22H30N2O4/c1-4-27-21(25)16-24-13-11-22(23-2,12-14-24)17-9-10-19(26-3)20(15-17)28-18-7-5-6-8-18/h9-10,15,18H,4-8,11-14,16H2,1,3H3. The van der Waals surface area contributed by atoms with Crippen LogP contribution < -0.4 is 9.47 Å². The molecule has 6 nitrogen and oxygen atoms in total. The molecule has 1 aliphatic heterocycles. The van der Waals surface area contributed by atoms with E-state index in [9.17, 15) is 4.79 Å². The van der Waals surface area contributed by atoms with Crippen LogP contribution in [0.15, 0.2) is 18.2 Å². The summed E-state index contributed by atoms with van der Waals surface area (Å²) in [7, 11) is 1.65. The van der Waals surface area contributed by atoms with Gasteiger partial charge in [-0.25, -0.2) is 6.57 Å². The van der Waals surface area contributed by atoms with Crippen molar-refractivity contribution in [3.8, 4) is 11.5 Å². The lowest BCUT2D eigenvalue weighted by Crippen LogP contribution is -2.43. The number of likely N-dealkylation sites (tertiary alicyclic amines) is 1. The number of ether oxygens (including phenoxy) is 3. The topological polar surface area (TPSA) is 52.4 Å². The zero-order valence-corrected chi connectivity index (χ0v) is 16.9. The van der Waals surface area contributed by atoms with E-state index in [1.54, 1.807) is 7.11 Å². The molecule has 2 fully saturated rings. The van der Waals surface area contributed by atoms with Crippen molar-refractivity contribution >= 4 is 5.97 Å². The number of benzene rings is 1. The Morgan fingerprint density at radius 2 is 1.96 bits per heavy atom. The Balaban J connectivity index is 1.73. The zero-order chi connectivity index (χ0) is 20.0. The van der Waals surface area contributed by atoms with Crippen molar-refractivity contribution in [2.24, 2.45) is 0 Å².